The molecule has 0 aliphatic heterocycles. The normalized spacial score (nSPS) is 13.2. The van der Waals surface area contributed by atoms with E-state index in [2.05, 4.69) is 12.6 Å². The largest absolute Gasteiger partial charge is 0.320 e. The van der Waals surface area contributed by atoms with Crippen molar-refractivity contribution in [3.8, 4) is 0 Å². The molecular weight excluding hydrogens is 290 g/mol. The van der Waals surface area contributed by atoms with Gasteiger partial charge in [-0.05, 0) is 12.1 Å². The molecule has 0 saturated heterocycles. The quantitative estimate of drug-likeness (QED) is 0.766. The van der Waals surface area contributed by atoms with E-state index in [1.165, 1.54) is 0 Å². The molecule has 1 atom stereocenters. The number of carbonyl (C=O) groups is 1. The molecule has 1 rings (SSSR count). The van der Waals surface area contributed by atoms with Gasteiger partial charge >= 0.3 is 0 Å². The van der Waals surface area contributed by atoms with Crippen LogP contribution in [0.1, 0.15) is 0 Å². The van der Waals surface area contributed by atoms with Gasteiger partial charge in [0.2, 0.25) is 5.12 Å². The monoisotopic (exact) mass is 305 g/mol. The number of benzene rings is 1. The van der Waals surface area contributed by atoms with Gasteiger partial charge in [-0.25, -0.2) is 8.42 Å². The maximum absolute atomic E-state index is 11.9. The molecule has 7 heteroatoms. The highest BCUT2D eigenvalue weighted by Crippen LogP contribution is 2.13. The maximum Gasteiger partial charge on any atom is 0.206 e. The Morgan fingerprint density at radius 3 is 2.50 bits per heavy atom. The van der Waals surface area contributed by atoms with Crippen LogP contribution in [0, 0.1) is 0 Å². The Kier molecular flexibility index (Phi) is 6.20. The molecule has 0 amide bonds. The van der Waals surface area contributed by atoms with Gasteiger partial charge in [-0.2, -0.15) is 12.6 Å². The molecule has 0 aliphatic rings. The van der Waals surface area contributed by atoms with Gasteiger partial charge in [-0.3, -0.25) is 4.79 Å². The van der Waals surface area contributed by atoms with Crippen LogP contribution in [0.15, 0.2) is 35.2 Å². The molecule has 0 spiro atoms. The Morgan fingerprint density at radius 2 is 1.94 bits per heavy atom. The van der Waals surface area contributed by atoms with Crippen LogP contribution in [0.5, 0.6) is 0 Å². The Labute approximate surface area is 117 Å². The molecule has 0 bridgehead atoms. The topological polar surface area (TPSA) is 77.2 Å². The number of sulfone groups is 1. The molecule has 1 aromatic rings. The van der Waals surface area contributed by atoms with Crippen molar-refractivity contribution >= 4 is 39.3 Å². The lowest BCUT2D eigenvalue weighted by Crippen LogP contribution is -2.30. The van der Waals surface area contributed by atoms with E-state index in [0.29, 0.717) is 0 Å². The van der Waals surface area contributed by atoms with Crippen molar-refractivity contribution in [3.05, 3.63) is 30.3 Å². The Bertz CT molecular complexity index is 488. The van der Waals surface area contributed by atoms with Gasteiger partial charge < -0.3 is 5.73 Å². The molecule has 4 nitrogen and oxygen atoms in total. The lowest BCUT2D eigenvalue weighted by Gasteiger charge is -2.07. The zero-order chi connectivity index (χ0) is 13.6. The summed E-state index contributed by atoms with van der Waals surface area (Å²) in [5.41, 5.74) is 5.48. The fourth-order valence-corrected chi connectivity index (χ4v) is 3.99. The summed E-state index contributed by atoms with van der Waals surface area (Å²) in [6.45, 7) is 0. The molecular formula is C11H15NO3S3. The average Bonchev–Trinajstić information content (AvgIpc) is 2.38. The number of hydrogen-bond donors (Lipinski definition) is 2. The van der Waals surface area contributed by atoms with E-state index in [1.807, 2.05) is 0 Å². The van der Waals surface area contributed by atoms with Crippen molar-refractivity contribution in [3.63, 3.8) is 0 Å². The first kappa shape index (κ1) is 15.6. The van der Waals surface area contributed by atoms with E-state index in [-0.39, 0.29) is 27.3 Å². The van der Waals surface area contributed by atoms with Gasteiger partial charge in [-0.15, -0.1) is 0 Å². The van der Waals surface area contributed by atoms with Crippen molar-refractivity contribution < 1.29 is 13.2 Å². The molecule has 2 N–H and O–H groups in total. The molecule has 0 unspecified atom stereocenters. The first-order chi connectivity index (χ1) is 8.47. The number of rotatable bonds is 6. The highest BCUT2D eigenvalue weighted by molar-refractivity contribution is 8.14. The number of thioether (sulfide) groups is 1. The first-order valence-corrected chi connectivity index (χ1v) is 8.55. The van der Waals surface area contributed by atoms with E-state index in [1.54, 1.807) is 30.3 Å². The number of carbonyl (C=O) groups excluding carboxylic acids is 1. The van der Waals surface area contributed by atoms with Crippen LogP contribution in [0.4, 0.5) is 0 Å². The number of thiol groups is 1. The highest BCUT2D eigenvalue weighted by atomic mass is 32.2. The molecule has 0 fully saturated rings. The summed E-state index contributed by atoms with van der Waals surface area (Å²) < 4.78 is 23.8. The third-order valence-corrected chi connectivity index (χ3v) is 5.58. The first-order valence-electron chi connectivity index (χ1n) is 5.28. The molecule has 0 heterocycles. The van der Waals surface area contributed by atoms with Crippen LogP contribution in [0.25, 0.3) is 0 Å². The van der Waals surface area contributed by atoms with Gasteiger partial charge in [0.15, 0.2) is 9.84 Å². The van der Waals surface area contributed by atoms with Gasteiger partial charge in [0.05, 0.1) is 16.7 Å². The molecule has 0 aromatic heterocycles. The number of nitrogens with two attached hydrogens (primary N) is 1. The van der Waals surface area contributed by atoms with Crippen molar-refractivity contribution in [1.82, 2.24) is 0 Å². The summed E-state index contributed by atoms with van der Waals surface area (Å²) in [5.74, 6) is 0.390. The molecule has 1 aromatic carbocycles. The minimum atomic E-state index is -3.32. The second kappa shape index (κ2) is 7.18. The van der Waals surface area contributed by atoms with Crippen LogP contribution in [0.2, 0.25) is 0 Å². The lowest BCUT2D eigenvalue weighted by molar-refractivity contribution is -0.111. The second-order valence-electron chi connectivity index (χ2n) is 3.59. The van der Waals surface area contributed by atoms with Crippen LogP contribution in [-0.2, 0) is 14.6 Å². The van der Waals surface area contributed by atoms with E-state index >= 15 is 0 Å². The van der Waals surface area contributed by atoms with E-state index in [0.717, 1.165) is 11.8 Å². The molecule has 0 aliphatic carbocycles. The summed E-state index contributed by atoms with van der Waals surface area (Å²) in [6, 6.07) is 7.54. The SMILES string of the molecule is N[C@@H](CS)C(=O)SCCS(=O)(=O)c1ccccc1. The summed E-state index contributed by atoms with van der Waals surface area (Å²) in [4.78, 5) is 11.7. The van der Waals surface area contributed by atoms with Crippen molar-refractivity contribution in [2.45, 2.75) is 10.9 Å². The Balaban J connectivity index is 2.52. The highest BCUT2D eigenvalue weighted by Gasteiger charge is 2.17. The molecule has 0 saturated carbocycles. The predicted octanol–water partition coefficient (Wildman–Crippen LogP) is 0.977. The summed E-state index contributed by atoms with van der Waals surface area (Å²) >= 11 is 4.85. The predicted molar refractivity (Wildman–Crippen MR) is 77.8 cm³/mol. The zero-order valence-corrected chi connectivity index (χ0v) is 12.2. The Hall–Kier alpha value is -0.500. The average molecular weight is 305 g/mol. The minimum Gasteiger partial charge on any atom is -0.320 e. The summed E-state index contributed by atoms with van der Waals surface area (Å²) in [7, 11) is -3.32. The maximum atomic E-state index is 11.9. The number of hydrogen-bond acceptors (Lipinski definition) is 6. The van der Waals surface area contributed by atoms with Crippen molar-refractivity contribution in [1.29, 1.82) is 0 Å². The van der Waals surface area contributed by atoms with Crippen molar-refractivity contribution in [2.75, 3.05) is 17.3 Å². The van der Waals surface area contributed by atoms with E-state index in [4.69, 9.17) is 5.73 Å². The van der Waals surface area contributed by atoms with Gasteiger partial charge in [-0.1, -0.05) is 30.0 Å². The fraction of sp³-hybridized carbons (Fsp3) is 0.364. The van der Waals surface area contributed by atoms with E-state index in [9.17, 15) is 13.2 Å². The summed E-state index contributed by atoms with van der Waals surface area (Å²) in [5, 5.41) is -0.228. The third-order valence-electron chi connectivity index (χ3n) is 2.20. The Morgan fingerprint density at radius 1 is 1.33 bits per heavy atom. The summed E-state index contributed by atoms with van der Waals surface area (Å²) in [6.07, 6.45) is 0. The van der Waals surface area contributed by atoms with Crippen LogP contribution in [-0.4, -0.2) is 36.8 Å². The lowest BCUT2D eigenvalue weighted by atomic mass is 10.4. The minimum absolute atomic E-state index is 0.0767. The molecule has 100 valence electrons. The van der Waals surface area contributed by atoms with Crippen LogP contribution < -0.4 is 5.73 Å². The molecule has 18 heavy (non-hydrogen) atoms. The van der Waals surface area contributed by atoms with Gasteiger partial charge in [0.25, 0.3) is 0 Å². The second-order valence-corrected chi connectivity index (χ2v) is 7.16. The van der Waals surface area contributed by atoms with E-state index < -0.39 is 15.9 Å². The van der Waals surface area contributed by atoms with Crippen molar-refractivity contribution in [2.24, 2.45) is 5.73 Å². The van der Waals surface area contributed by atoms with Gasteiger partial charge in [0, 0.05) is 11.5 Å². The third kappa shape index (κ3) is 4.64. The molecule has 0 radical (unpaired) electrons. The van der Waals surface area contributed by atoms with Crippen LogP contribution >= 0.6 is 24.4 Å². The smallest absolute Gasteiger partial charge is 0.206 e. The standard InChI is InChI=1S/C11H15NO3S3/c12-10(8-16)11(13)17-6-7-18(14,15)9-4-2-1-3-5-9/h1-5,10,16H,6-8,12H2/t10-/m0/s1. The fourth-order valence-electron chi connectivity index (χ4n) is 1.18. The van der Waals surface area contributed by atoms with Gasteiger partial charge in [0.1, 0.15) is 0 Å². The van der Waals surface area contributed by atoms with Crippen LogP contribution in [0.3, 0.4) is 0 Å². The zero-order valence-electron chi connectivity index (χ0n) is 9.65.